The van der Waals surface area contributed by atoms with Gasteiger partial charge in [0.25, 0.3) is 0 Å². The van der Waals surface area contributed by atoms with Gasteiger partial charge in [0.2, 0.25) is 0 Å². The molecular formula is C14H22O. The van der Waals surface area contributed by atoms with Crippen molar-refractivity contribution >= 4 is 5.78 Å². The quantitative estimate of drug-likeness (QED) is 0.546. The highest BCUT2D eigenvalue weighted by Crippen LogP contribution is 2.39. The molecule has 1 saturated carbocycles. The van der Waals surface area contributed by atoms with Gasteiger partial charge in [0.15, 0.2) is 5.78 Å². The summed E-state index contributed by atoms with van der Waals surface area (Å²) in [5, 5.41) is 0. The maximum Gasteiger partial charge on any atom is 0.155 e. The van der Waals surface area contributed by atoms with Crippen molar-refractivity contribution in [3.8, 4) is 0 Å². The fourth-order valence-corrected chi connectivity index (χ4v) is 2.11. The number of allylic oxidation sites excluding steroid dienone is 3. The van der Waals surface area contributed by atoms with Crippen molar-refractivity contribution in [1.82, 2.24) is 0 Å². The molecule has 0 radical (unpaired) electrons. The van der Waals surface area contributed by atoms with E-state index in [4.69, 9.17) is 0 Å². The van der Waals surface area contributed by atoms with Gasteiger partial charge in [0.05, 0.1) is 0 Å². The van der Waals surface area contributed by atoms with Crippen molar-refractivity contribution in [2.45, 2.75) is 52.9 Å². The lowest BCUT2D eigenvalue weighted by molar-refractivity contribution is -0.114. The van der Waals surface area contributed by atoms with Crippen LogP contribution >= 0.6 is 0 Å². The molecule has 1 nitrogen and oxygen atoms in total. The number of hydrogen-bond donors (Lipinski definition) is 0. The number of hydrogen-bond acceptors (Lipinski definition) is 1. The highest BCUT2D eigenvalue weighted by Gasteiger charge is 2.24. The molecule has 2 aliphatic rings. The second-order valence-corrected chi connectivity index (χ2v) is 5.55. The van der Waals surface area contributed by atoms with Gasteiger partial charge in [-0.25, -0.2) is 0 Å². The summed E-state index contributed by atoms with van der Waals surface area (Å²) in [6.45, 7) is 10.6. The van der Waals surface area contributed by atoms with Crippen molar-refractivity contribution in [2.75, 3.05) is 0 Å². The van der Waals surface area contributed by atoms with E-state index >= 15 is 0 Å². The first kappa shape index (κ1) is 12.2. The molecule has 1 fully saturated rings. The zero-order chi connectivity index (χ0) is 11.5. The number of carbonyl (C=O) groups is 1. The van der Waals surface area contributed by atoms with Gasteiger partial charge in [-0.15, -0.1) is 0 Å². The molecule has 2 rings (SSSR count). The predicted octanol–water partition coefficient (Wildman–Crippen LogP) is 4.05. The van der Waals surface area contributed by atoms with E-state index in [1.165, 1.54) is 30.4 Å². The highest BCUT2D eigenvalue weighted by molar-refractivity contribution is 5.92. The summed E-state index contributed by atoms with van der Waals surface area (Å²) in [7, 11) is 0. The van der Waals surface area contributed by atoms with Gasteiger partial charge in [-0.05, 0) is 44.1 Å². The third kappa shape index (κ3) is 4.46. The van der Waals surface area contributed by atoms with Crippen LogP contribution in [0.4, 0.5) is 0 Å². The smallest absolute Gasteiger partial charge is 0.155 e. The SMILES string of the molecule is C=C1CCC(C)(C)C1.CC1=CC(=O)CC1. The van der Waals surface area contributed by atoms with E-state index in [-0.39, 0.29) is 5.78 Å². The zero-order valence-electron chi connectivity index (χ0n) is 10.2. The lowest BCUT2D eigenvalue weighted by Gasteiger charge is -2.13. The Kier molecular flexibility index (Phi) is 3.90. The van der Waals surface area contributed by atoms with Crippen LogP contribution in [0.1, 0.15) is 52.9 Å². The average molecular weight is 206 g/mol. The normalized spacial score (nSPS) is 23.5. The van der Waals surface area contributed by atoms with E-state index in [0.29, 0.717) is 5.41 Å². The first-order chi connectivity index (χ1) is 6.89. The van der Waals surface area contributed by atoms with Crippen LogP contribution in [-0.2, 0) is 4.79 Å². The Bertz CT molecular complexity index is 294. The Morgan fingerprint density at radius 3 is 2.07 bits per heavy atom. The topological polar surface area (TPSA) is 17.1 Å². The summed E-state index contributed by atoms with van der Waals surface area (Å²) in [4.78, 5) is 10.4. The number of ketones is 1. The Balaban J connectivity index is 0.000000151. The largest absolute Gasteiger partial charge is 0.295 e. The number of carbonyl (C=O) groups excluding carboxylic acids is 1. The minimum Gasteiger partial charge on any atom is -0.295 e. The molecule has 15 heavy (non-hydrogen) atoms. The summed E-state index contributed by atoms with van der Waals surface area (Å²) in [6.07, 6.45) is 7.29. The average Bonchev–Trinajstić information content (AvgIpc) is 2.59. The molecule has 0 unspecified atom stereocenters. The molecule has 0 bridgehead atoms. The fourth-order valence-electron chi connectivity index (χ4n) is 2.11. The first-order valence-electron chi connectivity index (χ1n) is 5.76. The molecule has 1 heteroatoms. The van der Waals surface area contributed by atoms with Crippen molar-refractivity contribution in [2.24, 2.45) is 5.41 Å². The van der Waals surface area contributed by atoms with Crippen LogP contribution in [-0.4, -0.2) is 5.78 Å². The summed E-state index contributed by atoms with van der Waals surface area (Å²) in [5.41, 5.74) is 3.23. The van der Waals surface area contributed by atoms with Gasteiger partial charge in [0, 0.05) is 6.42 Å². The predicted molar refractivity (Wildman–Crippen MR) is 64.8 cm³/mol. The summed E-state index contributed by atoms with van der Waals surface area (Å²) in [5.74, 6) is 0.289. The number of rotatable bonds is 0. The standard InChI is InChI=1S/C8H14.C6H8O/c1-7-4-5-8(2,3)6-7;1-5-2-3-6(7)4-5/h1,4-6H2,2-3H3;4H,2-3H2,1H3. The molecule has 0 heterocycles. The Labute approximate surface area is 93.3 Å². The lowest BCUT2D eigenvalue weighted by atomic mass is 9.92. The van der Waals surface area contributed by atoms with Crippen LogP contribution in [0.25, 0.3) is 0 Å². The van der Waals surface area contributed by atoms with Crippen LogP contribution in [0.15, 0.2) is 23.8 Å². The van der Waals surface area contributed by atoms with Crippen molar-refractivity contribution in [3.05, 3.63) is 23.8 Å². The molecule has 0 aromatic rings. The van der Waals surface area contributed by atoms with Crippen molar-refractivity contribution < 1.29 is 4.79 Å². The van der Waals surface area contributed by atoms with Gasteiger partial charge in [-0.2, -0.15) is 0 Å². The summed E-state index contributed by atoms with van der Waals surface area (Å²) < 4.78 is 0. The van der Waals surface area contributed by atoms with E-state index in [2.05, 4.69) is 20.4 Å². The van der Waals surface area contributed by atoms with E-state index in [1.54, 1.807) is 6.08 Å². The zero-order valence-corrected chi connectivity index (χ0v) is 10.2. The third-order valence-electron chi connectivity index (χ3n) is 3.06. The second kappa shape index (κ2) is 4.78. The van der Waals surface area contributed by atoms with E-state index < -0.39 is 0 Å². The molecule has 0 amide bonds. The highest BCUT2D eigenvalue weighted by atomic mass is 16.1. The maximum absolute atomic E-state index is 10.4. The van der Waals surface area contributed by atoms with Gasteiger partial charge < -0.3 is 0 Å². The second-order valence-electron chi connectivity index (χ2n) is 5.55. The molecule has 0 N–H and O–H groups in total. The van der Waals surface area contributed by atoms with E-state index in [9.17, 15) is 4.79 Å². The monoisotopic (exact) mass is 206 g/mol. The molecule has 0 aromatic heterocycles. The molecule has 0 saturated heterocycles. The molecule has 2 aliphatic carbocycles. The van der Waals surface area contributed by atoms with Gasteiger partial charge in [0.1, 0.15) is 0 Å². The van der Waals surface area contributed by atoms with Crippen molar-refractivity contribution in [1.29, 1.82) is 0 Å². The van der Waals surface area contributed by atoms with Gasteiger partial charge in [-0.3, -0.25) is 4.79 Å². The van der Waals surface area contributed by atoms with E-state index in [1.807, 2.05) is 6.92 Å². The van der Waals surface area contributed by atoms with Crippen LogP contribution < -0.4 is 0 Å². The van der Waals surface area contributed by atoms with E-state index in [0.717, 1.165) is 12.8 Å². The Morgan fingerprint density at radius 2 is 1.93 bits per heavy atom. The minimum atomic E-state index is 0.289. The van der Waals surface area contributed by atoms with Gasteiger partial charge >= 0.3 is 0 Å². The Hall–Kier alpha value is -0.850. The summed E-state index contributed by atoms with van der Waals surface area (Å²) in [6, 6.07) is 0. The Morgan fingerprint density at radius 1 is 1.27 bits per heavy atom. The minimum absolute atomic E-state index is 0.289. The molecule has 0 aliphatic heterocycles. The lowest BCUT2D eigenvalue weighted by Crippen LogP contribution is -2.02. The fraction of sp³-hybridized carbons (Fsp3) is 0.643. The maximum atomic E-state index is 10.4. The first-order valence-corrected chi connectivity index (χ1v) is 5.76. The molecular weight excluding hydrogens is 184 g/mol. The van der Waals surface area contributed by atoms with Gasteiger partial charge in [-0.1, -0.05) is 31.6 Å². The van der Waals surface area contributed by atoms with Crippen LogP contribution in [0, 0.1) is 5.41 Å². The molecule has 84 valence electrons. The molecule has 0 spiro atoms. The third-order valence-corrected chi connectivity index (χ3v) is 3.06. The molecule has 0 aromatic carbocycles. The molecule has 0 atom stereocenters. The van der Waals surface area contributed by atoms with Crippen LogP contribution in [0.5, 0.6) is 0 Å². The summed E-state index contributed by atoms with van der Waals surface area (Å²) >= 11 is 0. The van der Waals surface area contributed by atoms with Crippen LogP contribution in [0.3, 0.4) is 0 Å². The van der Waals surface area contributed by atoms with Crippen molar-refractivity contribution in [3.63, 3.8) is 0 Å². The van der Waals surface area contributed by atoms with Crippen LogP contribution in [0.2, 0.25) is 0 Å².